The molecule has 4 saturated carbocycles. The van der Waals surface area contributed by atoms with Crippen LogP contribution in [0.5, 0.6) is 0 Å². The van der Waals surface area contributed by atoms with Crippen molar-refractivity contribution in [1.82, 2.24) is 0 Å². The minimum atomic E-state index is -2.60. The molecule has 2 nitrogen and oxygen atoms in total. The molecule has 0 aliphatic heterocycles. The van der Waals surface area contributed by atoms with E-state index in [4.69, 9.17) is 0 Å². The van der Waals surface area contributed by atoms with Gasteiger partial charge < -0.3 is 10.2 Å². The molecular weight excluding hydrogens is 394 g/mol. The topological polar surface area (TPSA) is 40.5 Å². The van der Waals surface area contributed by atoms with Gasteiger partial charge in [0, 0.05) is 12.3 Å². The Morgan fingerprint density at radius 2 is 1.65 bits per heavy atom. The maximum atomic E-state index is 15.8. The Labute approximate surface area is 188 Å². The normalized spacial score (nSPS) is 47.9. The molecule has 2 N–H and O–H groups in total. The number of hydrogen-bond acceptors (Lipinski definition) is 2. The fraction of sp³-hybridized carbons (Fsp3) is 1.00. The molecule has 0 aromatic rings. The summed E-state index contributed by atoms with van der Waals surface area (Å²) in [6.45, 7) is 10.7. The van der Waals surface area contributed by atoms with Crippen LogP contribution in [0.1, 0.15) is 105 Å². The number of fused-ring (bicyclic) bond motifs is 5. The van der Waals surface area contributed by atoms with Gasteiger partial charge in [-0.15, -0.1) is 0 Å². The van der Waals surface area contributed by atoms with Crippen LogP contribution in [-0.2, 0) is 0 Å². The Balaban J connectivity index is 1.53. The van der Waals surface area contributed by atoms with Gasteiger partial charge in [-0.2, -0.15) is 0 Å². The number of halogens is 2. The molecule has 4 aliphatic rings. The van der Waals surface area contributed by atoms with E-state index < -0.39 is 17.4 Å². The van der Waals surface area contributed by atoms with Gasteiger partial charge in [-0.1, -0.05) is 33.6 Å². The summed E-state index contributed by atoms with van der Waals surface area (Å²) in [6, 6.07) is 0. The molecule has 0 aromatic heterocycles. The predicted molar refractivity (Wildman–Crippen MR) is 121 cm³/mol. The van der Waals surface area contributed by atoms with Crippen LogP contribution in [0.2, 0.25) is 0 Å². The first-order valence-corrected chi connectivity index (χ1v) is 13.1. The molecule has 0 spiro atoms. The average molecular weight is 441 g/mol. The van der Waals surface area contributed by atoms with Crippen LogP contribution in [0.25, 0.3) is 0 Å². The van der Waals surface area contributed by atoms with Gasteiger partial charge in [-0.25, -0.2) is 8.78 Å². The second kappa shape index (κ2) is 7.93. The van der Waals surface area contributed by atoms with E-state index in [1.165, 1.54) is 0 Å². The van der Waals surface area contributed by atoms with Crippen molar-refractivity contribution in [3.63, 3.8) is 0 Å². The van der Waals surface area contributed by atoms with Crippen molar-refractivity contribution < 1.29 is 19.0 Å². The lowest BCUT2D eigenvalue weighted by molar-refractivity contribution is -0.238. The Hall–Kier alpha value is -0.220. The number of aliphatic hydroxyl groups excluding tert-OH is 1. The van der Waals surface area contributed by atoms with Crippen LogP contribution >= 0.6 is 0 Å². The SMILES string of the molecule is C[C@H](CCCC(C)(C)O)[C@H]1CC[C@H]2[C@H]3[C@H](CC[C@]12C)[C@@]1(C)CC[C@H](O)C[C@@H]1CC3(F)F. The molecule has 0 unspecified atom stereocenters. The zero-order valence-corrected chi connectivity index (χ0v) is 20.5. The van der Waals surface area contributed by atoms with Crippen LogP contribution in [0.15, 0.2) is 0 Å². The molecule has 4 aliphatic carbocycles. The summed E-state index contributed by atoms with van der Waals surface area (Å²) in [5.41, 5.74) is -0.622. The lowest BCUT2D eigenvalue weighted by atomic mass is 9.43. The molecule has 0 saturated heterocycles. The molecule has 9 atom stereocenters. The summed E-state index contributed by atoms with van der Waals surface area (Å²) >= 11 is 0. The monoisotopic (exact) mass is 440 g/mol. The molecule has 0 radical (unpaired) electrons. The van der Waals surface area contributed by atoms with Gasteiger partial charge in [0.25, 0.3) is 5.92 Å². The quantitative estimate of drug-likeness (QED) is 0.492. The minimum absolute atomic E-state index is 0.0138. The Bertz CT molecular complexity index is 658. The first kappa shape index (κ1) is 23.9. The third-order valence-corrected chi connectivity index (χ3v) is 10.8. The fourth-order valence-electron chi connectivity index (χ4n) is 9.17. The second-order valence-electron chi connectivity index (χ2n) is 13.2. The second-order valence-corrected chi connectivity index (χ2v) is 13.2. The molecule has 0 amide bonds. The number of aliphatic hydroxyl groups is 2. The zero-order chi connectivity index (χ0) is 22.8. The maximum Gasteiger partial charge on any atom is 0.251 e. The summed E-state index contributed by atoms with van der Waals surface area (Å²) in [5, 5.41) is 20.2. The summed E-state index contributed by atoms with van der Waals surface area (Å²) < 4.78 is 31.5. The van der Waals surface area contributed by atoms with Crippen molar-refractivity contribution in [3.8, 4) is 0 Å². The zero-order valence-electron chi connectivity index (χ0n) is 20.5. The Morgan fingerprint density at radius 3 is 2.32 bits per heavy atom. The molecule has 4 fully saturated rings. The first-order chi connectivity index (χ1) is 14.3. The van der Waals surface area contributed by atoms with E-state index in [1.54, 1.807) is 0 Å². The predicted octanol–water partition coefficient (Wildman–Crippen LogP) is 6.83. The summed E-state index contributed by atoms with van der Waals surface area (Å²) in [7, 11) is 0. The highest BCUT2D eigenvalue weighted by atomic mass is 19.3. The smallest absolute Gasteiger partial charge is 0.251 e. The van der Waals surface area contributed by atoms with Crippen molar-refractivity contribution in [2.75, 3.05) is 0 Å². The van der Waals surface area contributed by atoms with E-state index in [-0.39, 0.29) is 41.1 Å². The van der Waals surface area contributed by atoms with Crippen LogP contribution in [-0.4, -0.2) is 27.8 Å². The standard InChI is InChI=1S/C27H46F2O2/c1-17(7-6-12-24(2,3)31)20-8-9-21-23-22(11-14-26(20,21)5)25(4)13-10-19(30)15-18(25)16-27(23,28)29/h17-23,30-31H,6-16H2,1-5H3/t17-,18-,19+,20-,21+,22+,23+,25+,26-/m1/s1. The summed E-state index contributed by atoms with van der Waals surface area (Å²) in [4.78, 5) is 0. The van der Waals surface area contributed by atoms with Gasteiger partial charge in [-0.3, -0.25) is 0 Å². The molecule has 0 heterocycles. The fourth-order valence-corrected chi connectivity index (χ4v) is 9.17. The summed E-state index contributed by atoms with van der Waals surface area (Å²) in [5.74, 6) is -1.82. The van der Waals surface area contributed by atoms with Gasteiger partial charge in [-0.05, 0) is 106 Å². The minimum Gasteiger partial charge on any atom is -0.393 e. The van der Waals surface area contributed by atoms with Crippen molar-refractivity contribution in [1.29, 1.82) is 0 Å². The molecule has 0 aromatic carbocycles. The molecule has 0 bridgehead atoms. The van der Waals surface area contributed by atoms with Crippen molar-refractivity contribution in [2.24, 2.45) is 46.3 Å². The lowest BCUT2D eigenvalue weighted by Gasteiger charge is -2.63. The molecule has 31 heavy (non-hydrogen) atoms. The number of alkyl halides is 2. The highest BCUT2D eigenvalue weighted by Gasteiger charge is 2.68. The third-order valence-electron chi connectivity index (χ3n) is 10.8. The van der Waals surface area contributed by atoms with Crippen LogP contribution < -0.4 is 0 Å². The van der Waals surface area contributed by atoms with Gasteiger partial charge in [0.05, 0.1) is 11.7 Å². The Kier molecular flexibility index (Phi) is 6.12. The first-order valence-electron chi connectivity index (χ1n) is 13.1. The number of rotatable bonds is 5. The van der Waals surface area contributed by atoms with Gasteiger partial charge in [0.15, 0.2) is 0 Å². The van der Waals surface area contributed by atoms with E-state index in [2.05, 4.69) is 20.8 Å². The van der Waals surface area contributed by atoms with Crippen molar-refractivity contribution in [2.45, 2.75) is 123 Å². The lowest BCUT2D eigenvalue weighted by Crippen LogP contribution is -2.61. The molecule has 180 valence electrons. The van der Waals surface area contributed by atoms with Gasteiger partial charge >= 0.3 is 0 Å². The molecule has 4 rings (SSSR count). The van der Waals surface area contributed by atoms with E-state index in [0.717, 1.165) is 57.8 Å². The summed E-state index contributed by atoms with van der Waals surface area (Å²) in [6.07, 6.45) is 8.81. The van der Waals surface area contributed by atoms with Crippen LogP contribution in [0.3, 0.4) is 0 Å². The highest BCUT2D eigenvalue weighted by Crippen LogP contribution is 2.71. The van der Waals surface area contributed by atoms with Gasteiger partial charge in [0.1, 0.15) is 0 Å². The molecule has 4 heteroatoms. The van der Waals surface area contributed by atoms with Gasteiger partial charge in [0.2, 0.25) is 0 Å². The highest BCUT2D eigenvalue weighted by molar-refractivity contribution is 5.13. The largest absolute Gasteiger partial charge is 0.393 e. The maximum absolute atomic E-state index is 15.8. The van der Waals surface area contributed by atoms with E-state index in [9.17, 15) is 10.2 Å². The van der Waals surface area contributed by atoms with Crippen LogP contribution in [0.4, 0.5) is 8.78 Å². The van der Waals surface area contributed by atoms with E-state index in [1.807, 2.05) is 13.8 Å². The molecular formula is C27H46F2O2. The number of hydrogen-bond donors (Lipinski definition) is 2. The van der Waals surface area contributed by atoms with Crippen molar-refractivity contribution >= 4 is 0 Å². The van der Waals surface area contributed by atoms with E-state index in [0.29, 0.717) is 18.3 Å². The van der Waals surface area contributed by atoms with Crippen molar-refractivity contribution in [3.05, 3.63) is 0 Å². The van der Waals surface area contributed by atoms with Crippen LogP contribution in [0, 0.1) is 46.3 Å². The van der Waals surface area contributed by atoms with E-state index >= 15 is 8.78 Å². The third kappa shape index (κ3) is 4.11. The average Bonchev–Trinajstić information content (AvgIpc) is 2.99. The Morgan fingerprint density at radius 1 is 1.00 bits per heavy atom.